The van der Waals surface area contributed by atoms with Crippen LogP contribution in [0.1, 0.15) is 47.0 Å². The van der Waals surface area contributed by atoms with E-state index in [2.05, 4.69) is 12.2 Å². The lowest BCUT2D eigenvalue weighted by atomic mass is 10.0. The van der Waals surface area contributed by atoms with Crippen LogP contribution in [0.15, 0.2) is 0 Å². The van der Waals surface area contributed by atoms with Crippen molar-refractivity contribution in [3.05, 3.63) is 0 Å². The van der Waals surface area contributed by atoms with Gasteiger partial charge in [-0.1, -0.05) is 6.92 Å². The molecule has 1 aliphatic heterocycles. The SMILES string of the molecule is CC[C@@H](CO)NC1CCN(C(=O)OC(C)(C)C)CC1. The molecule has 19 heavy (non-hydrogen) atoms. The van der Waals surface area contributed by atoms with Gasteiger partial charge in [0.05, 0.1) is 6.61 Å². The summed E-state index contributed by atoms with van der Waals surface area (Å²) in [6, 6.07) is 0.550. The highest BCUT2D eigenvalue weighted by molar-refractivity contribution is 5.68. The summed E-state index contributed by atoms with van der Waals surface area (Å²) in [4.78, 5) is 13.7. The van der Waals surface area contributed by atoms with Crippen LogP contribution in [0, 0.1) is 0 Å². The minimum atomic E-state index is -0.434. The van der Waals surface area contributed by atoms with Crippen molar-refractivity contribution in [2.45, 2.75) is 64.6 Å². The van der Waals surface area contributed by atoms with E-state index in [1.807, 2.05) is 20.8 Å². The molecule has 0 aromatic carbocycles. The number of amides is 1. The summed E-state index contributed by atoms with van der Waals surface area (Å²) >= 11 is 0. The molecule has 1 saturated heterocycles. The number of carbonyl (C=O) groups is 1. The molecule has 0 bridgehead atoms. The van der Waals surface area contributed by atoms with Crippen LogP contribution in [-0.2, 0) is 4.74 Å². The summed E-state index contributed by atoms with van der Waals surface area (Å²) in [6.07, 6.45) is 2.52. The van der Waals surface area contributed by atoms with Gasteiger partial charge in [-0.05, 0) is 40.0 Å². The highest BCUT2D eigenvalue weighted by Gasteiger charge is 2.27. The van der Waals surface area contributed by atoms with Gasteiger partial charge in [0, 0.05) is 25.2 Å². The molecule has 112 valence electrons. The highest BCUT2D eigenvalue weighted by Crippen LogP contribution is 2.16. The predicted octanol–water partition coefficient (Wildman–Crippen LogP) is 1.75. The van der Waals surface area contributed by atoms with Crippen LogP contribution in [0.25, 0.3) is 0 Å². The summed E-state index contributed by atoms with van der Waals surface area (Å²) in [5.74, 6) is 0. The lowest BCUT2D eigenvalue weighted by molar-refractivity contribution is 0.0193. The van der Waals surface area contributed by atoms with Crippen molar-refractivity contribution in [2.75, 3.05) is 19.7 Å². The van der Waals surface area contributed by atoms with Gasteiger partial charge in [0.25, 0.3) is 0 Å². The fourth-order valence-corrected chi connectivity index (χ4v) is 2.19. The Morgan fingerprint density at radius 1 is 1.42 bits per heavy atom. The largest absolute Gasteiger partial charge is 0.444 e. The van der Waals surface area contributed by atoms with Crippen LogP contribution in [0.5, 0.6) is 0 Å². The number of hydrogen-bond donors (Lipinski definition) is 2. The summed E-state index contributed by atoms with van der Waals surface area (Å²) in [7, 11) is 0. The molecular weight excluding hydrogens is 244 g/mol. The molecule has 0 aromatic rings. The lowest BCUT2D eigenvalue weighted by Gasteiger charge is -2.35. The Kier molecular flexibility index (Phi) is 6.07. The van der Waals surface area contributed by atoms with E-state index in [1.54, 1.807) is 4.90 Å². The molecule has 0 aliphatic carbocycles. The van der Waals surface area contributed by atoms with E-state index in [9.17, 15) is 9.90 Å². The Balaban J connectivity index is 2.34. The van der Waals surface area contributed by atoms with Crippen LogP contribution >= 0.6 is 0 Å². The molecule has 1 aliphatic rings. The summed E-state index contributed by atoms with van der Waals surface area (Å²) < 4.78 is 5.36. The van der Waals surface area contributed by atoms with Crippen LogP contribution in [0.4, 0.5) is 4.79 Å². The molecule has 1 fully saturated rings. The van der Waals surface area contributed by atoms with E-state index in [4.69, 9.17) is 4.74 Å². The molecule has 0 radical (unpaired) electrons. The van der Waals surface area contributed by atoms with E-state index >= 15 is 0 Å². The van der Waals surface area contributed by atoms with Crippen molar-refractivity contribution in [1.29, 1.82) is 0 Å². The lowest BCUT2D eigenvalue weighted by Crippen LogP contribution is -2.49. The first-order valence-electron chi connectivity index (χ1n) is 7.20. The van der Waals surface area contributed by atoms with Gasteiger partial charge in [0.15, 0.2) is 0 Å². The molecule has 0 aromatic heterocycles. The third-order valence-corrected chi connectivity index (χ3v) is 3.33. The quantitative estimate of drug-likeness (QED) is 0.818. The number of nitrogens with one attached hydrogen (secondary N) is 1. The second-order valence-electron chi connectivity index (χ2n) is 6.20. The normalized spacial score (nSPS) is 19.3. The Labute approximate surface area is 116 Å². The van der Waals surface area contributed by atoms with Gasteiger partial charge in [0.1, 0.15) is 5.60 Å². The second kappa shape index (κ2) is 7.10. The van der Waals surface area contributed by atoms with Crippen molar-refractivity contribution < 1.29 is 14.6 Å². The standard InChI is InChI=1S/C14H28N2O3/c1-5-11(10-17)15-12-6-8-16(9-7-12)13(18)19-14(2,3)4/h11-12,15,17H,5-10H2,1-4H3/t11-/m0/s1. The van der Waals surface area contributed by atoms with Gasteiger partial charge in [-0.2, -0.15) is 0 Å². The van der Waals surface area contributed by atoms with E-state index in [1.165, 1.54) is 0 Å². The second-order valence-corrected chi connectivity index (χ2v) is 6.20. The van der Waals surface area contributed by atoms with Crippen molar-refractivity contribution in [3.63, 3.8) is 0 Å². The molecule has 1 amide bonds. The van der Waals surface area contributed by atoms with Gasteiger partial charge in [-0.3, -0.25) is 0 Å². The van der Waals surface area contributed by atoms with Gasteiger partial charge >= 0.3 is 6.09 Å². The number of aliphatic hydroxyl groups is 1. The van der Waals surface area contributed by atoms with E-state index in [0.29, 0.717) is 19.1 Å². The van der Waals surface area contributed by atoms with Crippen LogP contribution in [0.3, 0.4) is 0 Å². The first-order chi connectivity index (χ1) is 8.85. The summed E-state index contributed by atoms with van der Waals surface area (Å²) in [5.41, 5.74) is -0.434. The third kappa shape index (κ3) is 5.78. The first kappa shape index (κ1) is 16.2. The number of nitrogens with zero attached hydrogens (tertiary/aromatic N) is 1. The number of carbonyl (C=O) groups excluding carboxylic acids is 1. The smallest absolute Gasteiger partial charge is 0.410 e. The van der Waals surface area contributed by atoms with Crippen molar-refractivity contribution in [2.24, 2.45) is 0 Å². The van der Waals surface area contributed by atoms with Gasteiger partial charge in [-0.15, -0.1) is 0 Å². The van der Waals surface area contributed by atoms with Crippen molar-refractivity contribution in [1.82, 2.24) is 10.2 Å². The molecule has 5 nitrogen and oxygen atoms in total. The minimum Gasteiger partial charge on any atom is -0.444 e. The maximum atomic E-state index is 11.9. The molecule has 1 rings (SSSR count). The molecule has 0 unspecified atom stereocenters. The fraction of sp³-hybridized carbons (Fsp3) is 0.929. The van der Waals surface area contributed by atoms with E-state index < -0.39 is 5.60 Å². The molecule has 5 heteroatoms. The number of rotatable bonds is 4. The summed E-state index contributed by atoms with van der Waals surface area (Å²) in [6.45, 7) is 9.31. The number of piperidine rings is 1. The maximum absolute atomic E-state index is 11.9. The third-order valence-electron chi connectivity index (χ3n) is 3.33. The average molecular weight is 272 g/mol. The maximum Gasteiger partial charge on any atom is 0.410 e. The summed E-state index contributed by atoms with van der Waals surface area (Å²) in [5, 5.41) is 12.6. The van der Waals surface area contributed by atoms with Crippen molar-refractivity contribution >= 4 is 6.09 Å². The number of aliphatic hydroxyl groups excluding tert-OH is 1. The zero-order valence-corrected chi connectivity index (χ0v) is 12.6. The minimum absolute atomic E-state index is 0.165. The molecule has 1 heterocycles. The topological polar surface area (TPSA) is 61.8 Å². The molecule has 1 atom stereocenters. The van der Waals surface area contributed by atoms with E-state index in [0.717, 1.165) is 19.3 Å². The Bertz CT molecular complexity index is 277. The zero-order valence-electron chi connectivity index (χ0n) is 12.6. The van der Waals surface area contributed by atoms with Gasteiger partial charge in [0.2, 0.25) is 0 Å². The van der Waals surface area contributed by atoms with Crippen LogP contribution < -0.4 is 5.32 Å². The Hall–Kier alpha value is -0.810. The Morgan fingerprint density at radius 2 is 2.00 bits per heavy atom. The Morgan fingerprint density at radius 3 is 2.42 bits per heavy atom. The zero-order chi connectivity index (χ0) is 14.5. The van der Waals surface area contributed by atoms with Crippen molar-refractivity contribution in [3.8, 4) is 0 Å². The number of hydrogen-bond acceptors (Lipinski definition) is 4. The van der Waals surface area contributed by atoms with Crippen LogP contribution in [0.2, 0.25) is 0 Å². The molecular formula is C14H28N2O3. The van der Waals surface area contributed by atoms with E-state index in [-0.39, 0.29) is 18.7 Å². The van der Waals surface area contributed by atoms with Gasteiger partial charge < -0.3 is 20.1 Å². The monoisotopic (exact) mass is 272 g/mol. The fourth-order valence-electron chi connectivity index (χ4n) is 2.19. The molecule has 0 spiro atoms. The number of ether oxygens (including phenoxy) is 1. The van der Waals surface area contributed by atoms with Crippen LogP contribution in [-0.4, -0.2) is 53.5 Å². The highest BCUT2D eigenvalue weighted by atomic mass is 16.6. The molecule has 0 saturated carbocycles. The number of likely N-dealkylation sites (tertiary alicyclic amines) is 1. The molecule has 2 N–H and O–H groups in total. The predicted molar refractivity (Wildman–Crippen MR) is 75.1 cm³/mol. The first-order valence-corrected chi connectivity index (χ1v) is 7.20. The average Bonchev–Trinajstić information content (AvgIpc) is 2.34. The van der Waals surface area contributed by atoms with Gasteiger partial charge in [-0.25, -0.2) is 4.79 Å².